The van der Waals surface area contributed by atoms with Crippen molar-refractivity contribution in [3.63, 3.8) is 0 Å². The van der Waals surface area contributed by atoms with Crippen LogP contribution in [0.4, 0.5) is 4.79 Å². The molecule has 1 saturated heterocycles. The Morgan fingerprint density at radius 2 is 1.97 bits per heavy atom. The largest absolute Gasteiger partial charge is 0.466 e. The van der Waals surface area contributed by atoms with E-state index in [0.29, 0.717) is 13.0 Å². The van der Waals surface area contributed by atoms with Crippen molar-refractivity contribution in [3.05, 3.63) is 48.0 Å². The Morgan fingerprint density at radius 3 is 2.57 bits per heavy atom. The molecule has 30 heavy (non-hydrogen) atoms. The van der Waals surface area contributed by atoms with Crippen LogP contribution in [0, 0.1) is 0 Å². The van der Waals surface area contributed by atoms with Gasteiger partial charge in [-0.25, -0.2) is 9.59 Å². The molecule has 0 spiro atoms. The number of methoxy groups -OCH3 is 1. The minimum atomic E-state index is -0.633. The van der Waals surface area contributed by atoms with Crippen LogP contribution in [-0.2, 0) is 30.2 Å². The molecule has 0 radical (unpaired) electrons. The molecule has 0 aromatic heterocycles. The van der Waals surface area contributed by atoms with Crippen LogP contribution in [0.3, 0.4) is 0 Å². The van der Waals surface area contributed by atoms with Crippen LogP contribution in [0.15, 0.2) is 42.5 Å². The van der Waals surface area contributed by atoms with Gasteiger partial charge in [-0.05, 0) is 58.1 Å². The van der Waals surface area contributed by atoms with E-state index in [0.717, 1.165) is 24.8 Å². The lowest BCUT2D eigenvalue weighted by Gasteiger charge is -2.32. The highest BCUT2D eigenvalue weighted by Gasteiger charge is 2.29. The number of nitrogens with one attached hydrogen (secondary N) is 1. The first-order valence-electron chi connectivity index (χ1n) is 10.3. The Labute approximate surface area is 178 Å². The summed E-state index contributed by atoms with van der Waals surface area (Å²) < 4.78 is 22.0. The second-order valence-corrected chi connectivity index (χ2v) is 8.22. The smallest absolute Gasteiger partial charge is 0.407 e. The lowest BCUT2D eigenvalue weighted by Crippen LogP contribution is -2.48. The third kappa shape index (κ3) is 8.97. The number of rotatable bonds is 8. The normalized spacial score (nSPS) is 19.1. The maximum Gasteiger partial charge on any atom is 0.407 e. The first-order chi connectivity index (χ1) is 14.3. The van der Waals surface area contributed by atoms with Crippen LogP contribution in [0.25, 0.3) is 0 Å². The summed E-state index contributed by atoms with van der Waals surface area (Å²) in [7, 11) is 1.31. The van der Waals surface area contributed by atoms with Gasteiger partial charge in [0.15, 0.2) is 6.29 Å². The third-order valence-corrected chi connectivity index (χ3v) is 4.47. The molecule has 0 bridgehead atoms. The highest BCUT2D eigenvalue weighted by atomic mass is 16.7. The van der Waals surface area contributed by atoms with Crippen LogP contribution in [0.5, 0.6) is 0 Å². The van der Waals surface area contributed by atoms with Crippen molar-refractivity contribution >= 4 is 12.1 Å². The van der Waals surface area contributed by atoms with E-state index in [4.69, 9.17) is 18.9 Å². The predicted molar refractivity (Wildman–Crippen MR) is 113 cm³/mol. The van der Waals surface area contributed by atoms with Gasteiger partial charge in [-0.2, -0.15) is 0 Å². The van der Waals surface area contributed by atoms with E-state index < -0.39 is 36.1 Å². The van der Waals surface area contributed by atoms with Crippen molar-refractivity contribution in [2.45, 2.75) is 70.5 Å². The topological polar surface area (TPSA) is 83.1 Å². The number of hydrogen-bond acceptors (Lipinski definition) is 6. The fraction of sp³-hybridized carbons (Fsp3) is 0.565. The molecule has 1 fully saturated rings. The Balaban J connectivity index is 2.24. The first-order valence-corrected chi connectivity index (χ1v) is 10.3. The minimum absolute atomic E-state index is 0.398. The van der Waals surface area contributed by atoms with Gasteiger partial charge in [-0.15, -0.1) is 0 Å². The summed E-state index contributed by atoms with van der Waals surface area (Å²) in [5.74, 6) is -0.496. The highest BCUT2D eigenvalue weighted by Crippen LogP contribution is 2.20. The SMILES string of the molecule is COC(=O)C=C[C@@H](OC1CCCCO1)[C@H](Cc1ccccc1)NC(=O)OC(C)(C)C. The zero-order valence-electron chi connectivity index (χ0n) is 18.3. The van der Waals surface area contributed by atoms with E-state index >= 15 is 0 Å². The summed E-state index contributed by atoms with van der Waals surface area (Å²) in [6.07, 6.45) is 4.60. The van der Waals surface area contributed by atoms with Gasteiger partial charge in [0.2, 0.25) is 0 Å². The molecule has 3 atom stereocenters. The predicted octanol–water partition coefficient (Wildman–Crippen LogP) is 3.76. The summed E-state index contributed by atoms with van der Waals surface area (Å²) in [6, 6.07) is 9.27. The Morgan fingerprint density at radius 1 is 1.23 bits per heavy atom. The highest BCUT2D eigenvalue weighted by molar-refractivity contribution is 5.81. The van der Waals surface area contributed by atoms with Gasteiger partial charge in [-0.1, -0.05) is 30.3 Å². The van der Waals surface area contributed by atoms with E-state index in [-0.39, 0.29) is 0 Å². The maximum absolute atomic E-state index is 12.5. The molecule has 0 saturated carbocycles. The molecule has 7 heteroatoms. The first kappa shape index (κ1) is 23.9. The second-order valence-electron chi connectivity index (χ2n) is 8.22. The van der Waals surface area contributed by atoms with Crippen molar-refractivity contribution in [1.82, 2.24) is 5.32 Å². The molecular weight excluding hydrogens is 386 g/mol. The molecule has 1 aromatic carbocycles. The molecule has 0 aliphatic carbocycles. The van der Waals surface area contributed by atoms with Gasteiger partial charge >= 0.3 is 12.1 Å². The molecule has 1 aromatic rings. The molecular formula is C23H33NO6. The van der Waals surface area contributed by atoms with E-state index in [1.165, 1.54) is 13.2 Å². The molecule has 1 unspecified atom stereocenters. The zero-order valence-corrected chi connectivity index (χ0v) is 18.3. The molecule has 1 aliphatic rings. The molecule has 1 heterocycles. The zero-order chi connectivity index (χ0) is 22.0. The van der Waals surface area contributed by atoms with Gasteiger partial charge in [0.25, 0.3) is 0 Å². The molecule has 166 valence electrons. The van der Waals surface area contributed by atoms with Crippen LogP contribution < -0.4 is 5.32 Å². The molecule has 7 nitrogen and oxygen atoms in total. The van der Waals surface area contributed by atoms with Gasteiger partial charge in [-0.3, -0.25) is 0 Å². The summed E-state index contributed by atoms with van der Waals surface area (Å²) in [5, 5.41) is 2.91. The molecule has 1 aliphatic heterocycles. The van der Waals surface area contributed by atoms with Gasteiger partial charge in [0.05, 0.1) is 19.3 Å². The van der Waals surface area contributed by atoms with E-state index in [2.05, 4.69) is 5.32 Å². The lowest BCUT2D eigenvalue weighted by molar-refractivity contribution is -0.183. The average Bonchev–Trinajstić information content (AvgIpc) is 2.70. The van der Waals surface area contributed by atoms with Crippen LogP contribution in [0.2, 0.25) is 0 Å². The quantitative estimate of drug-likeness (QED) is 0.510. The Kier molecular flexibility index (Phi) is 9.33. The van der Waals surface area contributed by atoms with Gasteiger partial charge < -0.3 is 24.3 Å². The van der Waals surface area contributed by atoms with Crippen LogP contribution in [-0.4, -0.2) is 49.8 Å². The monoisotopic (exact) mass is 419 g/mol. The fourth-order valence-electron chi connectivity index (χ4n) is 3.09. The molecule has 1 N–H and O–H groups in total. The summed E-state index contributed by atoms with van der Waals surface area (Å²) in [6.45, 7) is 6.04. The second kappa shape index (κ2) is 11.7. The standard InChI is InChI=1S/C23H33NO6/c1-23(2,3)30-22(26)24-18(16-17-10-6-5-7-11-17)19(13-14-20(25)27-4)29-21-12-8-9-15-28-21/h5-7,10-11,13-14,18-19,21H,8-9,12,15-16H2,1-4H3,(H,24,26)/t18-,19+,21?/m0/s1. The number of hydrogen-bond donors (Lipinski definition) is 1. The summed E-state index contributed by atoms with van der Waals surface area (Å²) in [5.41, 5.74) is 0.384. The minimum Gasteiger partial charge on any atom is -0.466 e. The number of amides is 1. The number of carbonyl (C=O) groups is 2. The maximum atomic E-state index is 12.5. The Hall–Kier alpha value is -2.38. The van der Waals surface area contributed by atoms with E-state index in [1.807, 2.05) is 30.3 Å². The summed E-state index contributed by atoms with van der Waals surface area (Å²) >= 11 is 0. The number of alkyl carbamates (subject to hydrolysis) is 1. The average molecular weight is 420 g/mol. The molecule has 2 rings (SSSR count). The number of carbonyl (C=O) groups excluding carboxylic acids is 2. The van der Waals surface area contributed by atoms with Crippen molar-refractivity contribution in [1.29, 1.82) is 0 Å². The van der Waals surface area contributed by atoms with Gasteiger partial charge in [0, 0.05) is 12.7 Å². The van der Waals surface area contributed by atoms with Crippen molar-refractivity contribution in [2.24, 2.45) is 0 Å². The van der Waals surface area contributed by atoms with Crippen LogP contribution >= 0.6 is 0 Å². The van der Waals surface area contributed by atoms with Crippen molar-refractivity contribution in [3.8, 4) is 0 Å². The van der Waals surface area contributed by atoms with E-state index in [1.54, 1.807) is 26.8 Å². The Bertz CT molecular complexity index is 691. The third-order valence-electron chi connectivity index (χ3n) is 4.47. The summed E-state index contributed by atoms with van der Waals surface area (Å²) in [4.78, 5) is 24.2. The number of benzene rings is 1. The van der Waals surface area contributed by atoms with Crippen molar-refractivity contribution < 1.29 is 28.5 Å². The van der Waals surface area contributed by atoms with E-state index in [9.17, 15) is 9.59 Å². The lowest BCUT2D eigenvalue weighted by atomic mass is 10.0. The fourth-order valence-corrected chi connectivity index (χ4v) is 3.09. The van der Waals surface area contributed by atoms with Crippen LogP contribution in [0.1, 0.15) is 45.6 Å². The number of esters is 1. The molecule has 1 amide bonds. The number of ether oxygens (including phenoxy) is 4. The van der Waals surface area contributed by atoms with Gasteiger partial charge in [0.1, 0.15) is 5.60 Å². The van der Waals surface area contributed by atoms with Crippen molar-refractivity contribution in [2.75, 3.05) is 13.7 Å².